The summed E-state index contributed by atoms with van der Waals surface area (Å²) in [7, 11) is 0. The molecule has 0 bridgehead atoms. The van der Waals surface area contributed by atoms with E-state index in [0.717, 1.165) is 5.56 Å². The molecule has 2 N–H and O–H groups in total. The summed E-state index contributed by atoms with van der Waals surface area (Å²) in [5.74, 6) is -1.15. The molecule has 0 saturated heterocycles. The molecule has 5 heteroatoms. The van der Waals surface area contributed by atoms with Gasteiger partial charge in [0.25, 0.3) is 0 Å². The van der Waals surface area contributed by atoms with Gasteiger partial charge in [0.05, 0.1) is 6.42 Å². The predicted molar refractivity (Wildman–Crippen MR) is 89.4 cm³/mol. The van der Waals surface area contributed by atoms with Crippen molar-refractivity contribution in [3.05, 3.63) is 35.9 Å². The summed E-state index contributed by atoms with van der Waals surface area (Å²) in [5.41, 5.74) is 0.297. The van der Waals surface area contributed by atoms with Crippen molar-refractivity contribution in [2.24, 2.45) is 5.92 Å². The van der Waals surface area contributed by atoms with Crippen molar-refractivity contribution in [3.8, 4) is 0 Å². The molecule has 0 radical (unpaired) electrons. The molecule has 1 aromatic carbocycles. The molecule has 0 aliphatic heterocycles. The van der Waals surface area contributed by atoms with Crippen LogP contribution in [-0.4, -0.2) is 28.8 Å². The number of alkyl carbamates (subject to hydrolysis) is 1. The van der Waals surface area contributed by atoms with Crippen LogP contribution in [-0.2, 0) is 9.53 Å². The molecule has 0 heterocycles. The van der Waals surface area contributed by atoms with Gasteiger partial charge < -0.3 is 15.2 Å². The van der Waals surface area contributed by atoms with Gasteiger partial charge in [-0.1, -0.05) is 44.2 Å². The van der Waals surface area contributed by atoms with Gasteiger partial charge >= 0.3 is 12.1 Å². The van der Waals surface area contributed by atoms with E-state index in [-0.39, 0.29) is 24.3 Å². The summed E-state index contributed by atoms with van der Waals surface area (Å²) >= 11 is 0. The number of amides is 1. The van der Waals surface area contributed by atoms with Crippen molar-refractivity contribution < 1.29 is 19.4 Å². The SMILES string of the molecule is CC(C)C(NC(=O)OC(C)(C)C)C(CC(=O)O)c1ccccc1. The molecule has 1 aromatic rings. The lowest BCUT2D eigenvalue weighted by atomic mass is 9.83. The maximum absolute atomic E-state index is 12.1. The van der Waals surface area contributed by atoms with Crippen LogP contribution in [0.1, 0.15) is 52.5 Å². The van der Waals surface area contributed by atoms with Gasteiger partial charge in [-0.05, 0) is 32.3 Å². The van der Waals surface area contributed by atoms with Crippen LogP contribution in [0.5, 0.6) is 0 Å². The number of carboxylic acids is 1. The fourth-order valence-corrected chi connectivity index (χ4v) is 2.52. The van der Waals surface area contributed by atoms with E-state index in [9.17, 15) is 14.7 Å². The summed E-state index contributed by atoms with van der Waals surface area (Å²) in [5, 5.41) is 12.1. The van der Waals surface area contributed by atoms with Gasteiger partial charge in [0.15, 0.2) is 0 Å². The number of hydrogen-bond donors (Lipinski definition) is 2. The van der Waals surface area contributed by atoms with E-state index in [0.29, 0.717) is 0 Å². The van der Waals surface area contributed by atoms with Crippen molar-refractivity contribution in [3.63, 3.8) is 0 Å². The van der Waals surface area contributed by atoms with E-state index in [2.05, 4.69) is 5.32 Å². The average Bonchev–Trinajstić information content (AvgIpc) is 2.41. The molecule has 128 valence electrons. The minimum atomic E-state index is -0.893. The number of carbonyl (C=O) groups is 2. The van der Waals surface area contributed by atoms with Crippen LogP contribution >= 0.6 is 0 Å². The van der Waals surface area contributed by atoms with Gasteiger partial charge in [0.1, 0.15) is 5.60 Å². The maximum Gasteiger partial charge on any atom is 0.407 e. The first kappa shape index (κ1) is 19.0. The summed E-state index contributed by atoms with van der Waals surface area (Å²) in [6.45, 7) is 9.30. The lowest BCUT2D eigenvalue weighted by Crippen LogP contribution is -2.45. The van der Waals surface area contributed by atoms with E-state index < -0.39 is 17.7 Å². The van der Waals surface area contributed by atoms with Gasteiger partial charge in [0, 0.05) is 12.0 Å². The molecule has 5 nitrogen and oxygen atoms in total. The first-order chi connectivity index (χ1) is 10.6. The Morgan fingerprint density at radius 1 is 1.17 bits per heavy atom. The molecule has 0 aliphatic carbocycles. The lowest BCUT2D eigenvalue weighted by molar-refractivity contribution is -0.137. The average molecular weight is 321 g/mol. The Bertz CT molecular complexity index is 520. The number of nitrogens with one attached hydrogen (secondary N) is 1. The van der Waals surface area contributed by atoms with Crippen LogP contribution in [0.4, 0.5) is 4.79 Å². The Balaban J connectivity index is 3.01. The molecule has 2 unspecified atom stereocenters. The Labute approximate surface area is 138 Å². The normalized spacial score (nSPS) is 14.2. The van der Waals surface area contributed by atoms with Gasteiger partial charge in [-0.2, -0.15) is 0 Å². The Morgan fingerprint density at radius 2 is 1.74 bits per heavy atom. The van der Waals surface area contributed by atoms with Gasteiger partial charge in [-0.25, -0.2) is 4.79 Å². The number of hydrogen-bond acceptors (Lipinski definition) is 3. The molecular weight excluding hydrogens is 294 g/mol. The predicted octanol–water partition coefficient (Wildman–Crippen LogP) is 3.79. The Kier molecular flexibility index (Phi) is 6.61. The minimum absolute atomic E-state index is 0.0529. The molecule has 0 spiro atoms. The molecular formula is C18H27NO4. The minimum Gasteiger partial charge on any atom is -0.481 e. The molecule has 23 heavy (non-hydrogen) atoms. The molecule has 2 atom stereocenters. The maximum atomic E-state index is 12.1. The smallest absolute Gasteiger partial charge is 0.407 e. The number of carbonyl (C=O) groups excluding carboxylic acids is 1. The second-order valence-electron chi connectivity index (χ2n) is 7.03. The van der Waals surface area contributed by atoms with Crippen LogP contribution in [0.15, 0.2) is 30.3 Å². The zero-order valence-corrected chi connectivity index (χ0v) is 14.5. The summed E-state index contributed by atoms with van der Waals surface area (Å²) < 4.78 is 5.31. The third-order valence-electron chi connectivity index (χ3n) is 3.46. The zero-order valence-electron chi connectivity index (χ0n) is 14.5. The highest BCUT2D eigenvalue weighted by atomic mass is 16.6. The monoisotopic (exact) mass is 321 g/mol. The second-order valence-corrected chi connectivity index (χ2v) is 7.03. The highest BCUT2D eigenvalue weighted by Crippen LogP contribution is 2.28. The topological polar surface area (TPSA) is 75.6 Å². The van der Waals surface area contributed by atoms with Crippen LogP contribution in [0.2, 0.25) is 0 Å². The number of aliphatic carboxylic acids is 1. The van der Waals surface area contributed by atoms with E-state index in [1.165, 1.54) is 0 Å². The van der Waals surface area contributed by atoms with Crippen molar-refractivity contribution in [1.29, 1.82) is 0 Å². The first-order valence-corrected chi connectivity index (χ1v) is 7.86. The lowest BCUT2D eigenvalue weighted by Gasteiger charge is -2.31. The van der Waals surface area contributed by atoms with Crippen molar-refractivity contribution in [2.75, 3.05) is 0 Å². The molecule has 1 rings (SSSR count). The zero-order chi connectivity index (χ0) is 17.6. The largest absolute Gasteiger partial charge is 0.481 e. The summed E-state index contributed by atoms with van der Waals surface area (Å²) in [6, 6.07) is 9.07. The quantitative estimate of drug-likeness (QED) is 0.835. The van der Waals surface area contributed by atoms with E-state index in [1.54, 1.807) is 20.8 Å². The fourth-order valence-electron chi connectivity index (χ4n) is 2.52. The summed E-state index contributed by atoms with van der Waals surface area (Å²) in [6.07, 6.45) is -0.578. The third kappa shape index (κ3) is 6.72. The number of rotatable bonds is 6. The molecule has 1 amide bonds. The van der Waals surface area contributed by atoms with Crippen LogP contribution in [0, 0.1) is 5.92 Å². The fraction of sp³-hybridized carbons (Fsp3) is 0.556. The first-order valence-electron chi connectivity index (χ1n) is 7.86. The van der Waals surface area contributed by atoms with Gasteiger partial charge in [0.2, 0.25) is 0 Å². The van der Waals surface area contributed by atoms with Crippen molar-refractivity contribution >= 4 is 12.1 Å². The highest BCUT2D eigenvalue weighted by Gasteiger charge is 2.31. The van der Waals surface area contributed by atoms with E-state index >= 15 is 0 Å². The Hall–Kier alpha value is -2.04. The number of carboxylic acid groups (broad SMARTS) is 1. The molecule has 0 saturated carbocycles. The van der Waals surface area contributed by atoms with E-state index in [1.807, 2.05) is 44.2 Å². The number of benzene rings is 1. The second kappa shape index (κ2) is 7.99. The van der Waals surface area contributed by atoms with Crippen LogP contribution in [0.3, 0.4) is 0 Å². The van der Waals surface area contributed by atoms with Crippen molar-refractivity contribution in [2.45, 2.75) is 58.6 Å². The van der Waals surface area contributed by atoms with Crippen LogP contribution in [0.25, 0.3) is 0 Å². The third-order valence-corrected chi connectivity index (χ3v) is 3.46. The molecule has 0 aliphatic rings. The van der Waals surface area contributed by atoms with Crippen molar-refractivity contribution in [1.82, 2.24) is 5.32 Å². The standard InChI is InChI=1S/C18H27NO4/c1-12(2)16(19-17(22)23-18(3,4)5)14(11-15(20)21)13-9-7-6-8-10-13/h6-10,12,14,16H,11H2,1-5H3,(H,19,22)(H,20,21). The Morgan fingerprint density at radius 3 is 2.17 bits per heavy atom. The summed E-state index contributed by atoms with van der Waals surface area (Å²) in [4.78, 5) is 23.4. The van der Waals surface area contributed by atoms with Gasteiger partial charge in [-0.15, -0.1) is 0 Å². The highest BCUT2D eigenvalue weighted by molar-refractivity contribution is 5.70. The molecule has 0 aromatic heterocycles. The molecule has 0 fully saturated rings. The van der Waals surface area contributed by atoms with Crippen LogP contribution < -0.4 is 5.32 Å². The van der Waals surface area contributed by atoms with E-state index in [4.69, 9.17) is 4.74 Å². The van der Waals surface area contributed by atoms with Gasteiger partial charge in [-0.3, -0.25) is 4.79 Å². The number of ether oxygens (including phenoxy) is 1.